The smallest absolute Gasteiger partial charge is 0.340 e. The molecule has 6 N–H and O–H groups in total. The van der Waals surface area contributed by atoms with E-state index in [0.717, 1.165) is 0 Å². The maximum absolute atomic E-state index is 13.3. The summed E-state index contributed by atoms with van der Waals surface area (Å²) in [6.07, 6.45) is -6.26. The second kappa shape index (κ2) is 18.3. The topological polar surface area (TPSA) is 215 Å². The minimum absolute atomic E-state index is 0.440. The SMILES string of the molecule is CCN(CC)CC.CCN(CC)CC.O=c1[nH]c(=O)n([C@@H]2O[C@H](COP(=O)(O)CP(=O)(O)O)[C@@H](O)[C@H]2O)cc1F. The lowest BCUT2D eigenvalue weighted by Gasteiger charge is -2.18. The lowest BCUT2D eigenvalue weighted by atomic mass is 10.1. The van der Waals surface area contributed by atoms with Crippen molar-refractivity contribution in [1.82, 2.24) is 19.4 Å². The van der Waals surface area contributed by atoms with Crippen molar-refractivity contribution in [3.63, 3.8) is 0 Å². The summed E-state index contributed by atoms with van der Waals surface area (Å²) < 4.78 is 45.7. The molecule has 1 aromatic rings. The summed E-state index contributed by atoms with van der Waals surface area (Å²) in [6, 6.07) is 0. The maximum Gasteiger partial charge on any atom is 0.340 e. The molecule has 0 saturated carbocycles. The van der Waals surface area contributed by atoms with Gasteiger partial charge in [-0.2, -0.15) is 4.39 Å². The zero-order chi connectivity index (χ0) is 31.3. The van der Waals surface area contributed by atoms with Crippen molar-refractivity contribution in [1.29, 1.82) is 0 Å². The number of nitrogens with zero attached hydrogens (tertiary/aromatic N) is 3. The molecule has 1 aliphatic rings. The molecule has 0 aromatic carbocycles. The van der Waals surface area contributed by atoms with Crippen molar-refractivity contribution in [2.75, 3.05) is 51.8 Å². The Kier molecular flexibility index (Phi) is 17.7. The first-order chi connectivity index (χ1) is 18.5. The quantitative estimate of drug-likeness (QED) is 0.174. The third kappa shape index (κ3) is 13.6. The number of aliphatic hydroxyl groups is 2. The standard InChI is InChI=1S/C10H15FN2O11P2.2C6H15N/c11-4-1-13(10(17)12-8(4)16)9-7(15)6(14)5(24-9)2-23-26(21,22)3-25(18,19)20;2*1-4-7(5-2)6-3/h1,5-7,9,14-15H,2-3H2,(H,21,22)(H,12,16,17)(H2,18,19,20);2*4-6H2,1-3H3/t5-,6-,7-,9-;;/m1../s1. The van der Waals surface area contributed by atoms with Gasteiger partial charge in [-0.25, -0.2) is 4.79 Å². The monoisotopic (exact) mass is 622 g/mol. The highest BCUT2D eigenvalue weighted by Crippen LogP contribution is 2.55. The summed E-state index contributed by atoms with van der Waals surface area (Å²) in [5, 5.41) is 19.8. The fraction of sp³-hybridized carbons (Fsp3) is 0.818. The van der Waals surface area contributed by atoms with Crippen molar-refractivity contribution in [2.24, 2.45) is 0 Å². The number of halogens is 1. The Morgan fingerprint density at radius 1 is 0.925 bits per heavy atom. The summed E-state index contributed by atoms with van der Waals surface area (Å²) in [5.41, 5.74) is -2.46. The molecule has 1 fully saturated rings. The van der Waals surface area contributed by atoms with Crippen LogP contribution in [0.5, 0.6) is 0 Å². The Hall–Kier alpha value is -1.29. The maximum atomic E-state index is 13.3. The highest BCUT2D eigenvalue weighted by atomic mass is 31.2. The Morgan fingerprint density at radius 3 is 1.75 bits per heavy atom. The molecule has 2 heterocycles. The number of hydrogen-bond acceptors (Lipinski definition) is 10. The van der Waals surface area contributed by atoms with Gasteiger partial charge in [-0.1, -0.05) is 41.5 Å². The molecule has 0 amide bonds. The van der Waals surface area contributed by atoms with E-state index in [1.54, 1.807) is 4.98 Å². The number of nitrogens with one attached hydrogen (secondary N) is 1. The van der Waals surface area contributed by atoms with Gasteiger partial charge in [0.1, 0.15) is 18.3 Å². The minimum atomic E-state index is -4.86. The molecule has 0 aliphatic carbocycles. The van der Waals surface area contributed by atoms with E-state index in [2.05, 4.69) is 55.9 Å². The zero-order valence-corrected chi connectivity index (χ0v) is 25.6. The Balaban J connectivity index is 0.000000894. The first-order valence-electron chi connectivity index (χ1n) is 13.0. The van der Waals surface area contributed by atoms with Crippen LogP contribution in [0.4, 0.5) is 4.39 Å². The van der Waals surface area contributed by atoms with Gasteiger partial charge >= 0.3 is 20.9 Å². The van der Waals surface area contributed by atoms with Crippen molar-refractivity contribution in [3.8, 4) is 0 Å². The molecule has 2 rings (SSSR count). The van der Waals surface area contributed by atoms with Crippen LogP contribution in [0.15, 0.2) is 15.8 Å². The Labute approximate surface area is 233 Å². The van der Waals surface area contributed by atoms with E-state index in [0.29, 0.717) is 10.8 Å². The largest absolute Gasteiger partial charge is 0.387 e. The van der Waals surface area contributed by atoms with Gasteiger partial charge in [0.2, 0.25) is 5.82 Å². The number of H-pyrrole nitrogens is 1. The van der Waals surface area contributed by atoms with Crippen LogP contribution in [0.2, 0.25) is 0 Å². The van der Waals surface area contributed by atoms with E-state index in [1.165, 1.54) is 39.3 Å². The number of ether oxygens (including phenoxy) is 1. The van der Waals surface area contributed by atoms with Crippen molar-refractivity contribution in [3.05, 3.63) is 32.9 Å². The van der Waals surface area contributed by atoms with Gasteiger partial charge in [-0.05, 0) is 39.3 Å². The number of aromatic nitrogens is 2. The molecule has 1 aliphatic heterocycles. The van der Waals surface area contributed by atoms with E-state index in [4.69, 9.17) is 14.5 Å². The molecule has 1 aromatic heterocycles. The fourth-order valence-electron chi connectivity index (χ4n) is 3.55. The molecule has 18 heteroatoms. The molecule has 1 saturated heterocycles. The minimum Gasteiger partial charge on any atom is -0.387 e. The van der Waals surface area contributed by atoms with E-state index in [9.17, 15) is 38.2 Å². The molecule has 0 bridgehead atoms. The summed E-state index contributed by atoms with van der Waals surface area (Å²) >= 11 is 0. The molecule has 236 valence electrons. The predicted octanol–water partition coefficient (Wildman–Crippen LogP) is 0.328. The lowest BCUT2D eigenvalue weighted by molar-refractivity contribution is -0.0528. The molecule has 0 spiro atoms. The van der Waals surface area contributed by atoms with Crippen LogP contribution in [-0.4, -0.2) is 114 Å². The first kappa shape index (κ1) is 38.7. The lowest BCUT2D eigenvalue weighted by Crippen LogP contribution is -2.38. The van der Waals surface area contributed by atoms with E-state index in [-0.39, 0.29) is 0 Å². The van der Waals surface area contributed by atoms with Crippen LogP contribution in [0.3, 0.4) is 0 Å². The molecular formula is C22H45FN4O11P2. The Morgan fingerprint density at radius 2 is 1.38 bits per heavy atom. The number of aliphatic hydroxyl groups excluding tert-OH is 2. The van der Waals surface area contributed by atoms with E-state index in [1.807, 2.05) is 0 Å². The highest BCUT2D eigenvalue weighted by Gasteiger charge is 2.45. The normalized spacial score (nSPS) is 22.4. The van der Waals surface area contributed by atoms with Crippen LogP contribution in [-0.2, 0) is 18.4 Å². The number of hydrogen-bond donors (Lipinski definition) is 6. The van der Waals surface area contributed by atoms with Crippen LogP contribution >= 0.6 is 15.2 Å². The molecule has 5 atom stereocenters. The van der Waals surface area contributed by atoms with Gasteiger partial charge in [0.15, 0.2) is 12.1 Å². The van der Waals surface area contributed by atoms with Crippen molar-refractivity contribution in [2.45, 2.75) is 66.1 Å². The van der Waals surface area contributed by atoms with Crippen LogP contribution in [0, 0.1) is 5.82 Å². The molecule has 0 radical (unpaired) electrons. The first-order valence-corrected chi connectivity index (χ1v) is 16.5. The van der Waals surface area contributed by atoms with Gasteiger partial charge in [0, 0.05) is 0 Å². The summed E-state index contributed by atoms with van der Waals surface area (Å²) in [7, 11) is -9.60. The highest BCUT2D eigenvalue weighted by molar-refractivity contribution is 7.70. The van der Waals surface area contributed by atoms with Crippen molar-refractivity contribution >= 4 is 15.2 Å². The summed E-state index contributed by atoms with van der Waals surface area (Å²) in [4.78, 5) is 55.8. The van der Waals surface area contributed by atoms with Gasteiger partial charge in [0.05, 0.1) is 12.8 Å². The van der Waals surface area contributed by atoms with Crippen molar-refractivity contribution < 1.29 is 47.7 Å². The van der Waals surface area contributed by atoms with Gasteiger partial charge in [-0.3, -0.25) is 23.5 Å². The van der Waals surface area contributed by atoms with Gasteiger partial charge in [0.25, 0.3) is 5.56 Å². The number of rotatable bonds is 12. The van der Waals surface area contributed by atoms with Crippen LogP contribution in [0.25, 0.3) is 0 Å². The van der Waals surface area contributed by atoms with E-state index >= 15 is 0 Å². The molecule has 40 heavy (non-hydrogen) atoms. The Bertz CT molecular complexity index is 1050. The second-order valence-electron chi connectivity index (χ2n) is 8.67. The summed E-state index contributed by atoms with van der Waals surface area (Å²) in [6.45, 7) is 19.4. The third-order valence-electron chi connectivity index (χ3n) is 6.02. The second-order valence-corrected chi connectivity index (χ2v) is 12.7. The fourth-order valence-corrected chi connectivity index (χ4v) is 6.12. The van der Waals surface area contributed by atoms with E-state index < -0.39 is 69.3 Å². The molecular weight excluding hydrogens is 577 g/mol. The zero-order valence-electron chi connectivity index (χ0n) is 23.8. The molecule has 15 nitrogen and oxygen atoms in total. The van der Waals surface area contributed by atoms with Crippen LogP contribution < -0.4 is 11.2 Å². The van der Waals surface area contributed by atoms with Crippen LogP contribution in [0.1, 0.15) is 47.8 Å². The third-order valence-corrected chi connectivity index (χ3v) is 9.48. The average Bonchev–Trinajstić information content (AvgIpc) is 3.15. The summed E-state index contributed by atoms with van der Waals surface area (Å²) in [5.74, 6) is -2.84. The van der Waals surface area contributed by atoms with Gasteiger partial charge < -0.3 is 44.0 Å². The predicted molar refractivity (Wildman–Crippen MR) is 147 cm³/mol. The average molecular weight is 623 g/mol. The molecule has 1 unspecified atom stereocenters. The van der Waals surface area contributed by atoms with Gasteiger partial charge in [-0.15, -0.1) is 0 Å². The number of aromatic amines is 1.